The van der Waals surface area contributed by atoms with Gasteiger partial charge in [-0.3, -0.25) is 0 Å². The molecule has 1 aromatic heterocycles. The molecular formula is C25H35N3O3S. The van der Waals surface area contributed by atoms with Crippen molar-refractivity contribution in [2.45, 2.75) is 50.7 Å². The second-order valence-corrected chi connectivity index (χ2v) is 11.2. The zero-order chi connectivity index (χ0) is 22.6. The molecular weight excluding hydrogens is 422 g/mol. The second-order valence-electron chi connectivity index (χ2n) is 9.46. The van der Waals surface area contributed by atoms with E-state index in [1.807, 2.05) is 18.2 Å². The third-order valence-corrected chi connectivity index (χ3v) is 7.60. The lowest BCUT2D eigenvalue weighted by atomic mass is 9.82. The largest absolute Gasteiger partial charge is 0.378 e. The minimum Gasteiger partial charge on any atom is -0.378 e. The molecule has 1 saturated heterocycles. The third kappa shape index (κ3) is 6.09. The minimum absolute atomic E-state index is 0.0716. The smallest absolute Gasteiger partial charge is 0.208 e. The van der Waals surface area contributed by atoms with Crippen LogP contribution in [0.25, 0.3) is 0 Å². The maximum atomic E-state index is 12.0. The predicted molar refractivity (Wildman–Crippen MR) is 128 cm³/mol. The quantitative estimate of drug-likeness (QED) is 0.685. The molecule has 1 aliphatic heterocycles. The van der Waals surface area contributed by atoms with Crippen molar-refractivity contribution in [3.05, 3.63) is 60.3 Å². The van der Waals surface area contributed by atoms with E-state index in [1.165, 1.54) is 11.8 Å². The molecule has 3 atom stereocenters. The highest BCUT2D eigenvalue weighted by Gasteiger charge is 2.37. The van der Waals surface area contributed by atoms with Crippen LogP contribution in [0.2, 0.25) is 0 Å². The highest BCUT2D eigenvalue weighted by atomic mass is 32.2. The van der Waals surface area contributed by atoms with Crippen LogP contribution in [0.5, 0.6) is 0 Å². The Morgan fingerprint density at radius 2 is 1.75 bits per heavy atom. The number of hydrogen-bond donors (Lipinski definition) is 1. The van der Waals surface area contributed by atoms with Crippen LogP contribution in [-0.2, 0) is 14.8 Å². The van der Waals surface area contributed by atoms with Gasteiger partial charge in [0.1, 0.15) is 5.82 Å². The van der Waals surface area contributed by atoms with E-state index in [0.717, 1.165) is 44.6 Å². The van der Waals surface area contributed by atoms with Crippen LogP contribution < -0.4 is 9.62 Å². The summed E-state index contributed by atoms with van der Waals surface area (Å²) in [6.45, 7) is 4.16. The Morgan fingerprint density at radius 3 is 2.41 bits per heavy atom. The van der Waals surface area contributed by atoms with Gasteiger partial charge >= 0.3 is 0 Å². The molecule has 0 spiro atoms. The van der Waals surface area contributed by atoms with Crippen molar-refractivity contribution in [3.63, 3.8) is 0 Å². The first-order valence-corrected chi connectivity index (χ1v) is 13.6. The Bertz CT molecular complexity index is 947. The molecule has 6 nitrogen and oxygen atoms in total. The number of nitrogens with zero attached hydrogens (tertiary/aromatic N) is 2. The number of benzene rings is 1. The molecule has 174 valence electrons. The SMILES string of the molecule is C[C@H]1CN(c2ccccn2)C[C@@H](CO[C@H]2CC[C@@H](c3ccccc3)CC2)[C@H]1NS(C)(=O)=O. The zero-order valence-electron chi connectivity index (χ0n) is 19.1. The average molecular weight is 458 g/mol. The van der Waals surface area contributed by atoms with Crippen molar-refractivity contribution >= 4 is 15.8 Å². The summed E-state index contributed by atoms with van der Waals surface area (Å²) in [6, 6.07) is 16.5. The van der Waals surface area contributed by atoms with Gasteiger partial charge < -0.3 is 9.64 Å². The van der Waals surface area contributed by atoms with E-state index < -0.39 is 10.0 Å². The first-order chi connectivity index (χ1) is 15.4. The fraction of sp³-hybridized carbons (Fsp3) is 0.560. The minimum atomic E-state index is -3.29. The van der Waals surface area contributed by atoms with Gasteiger partial charge in [0.2, 0.25) is 10.0 Å². The molecule has 1 N–H and O–H groups in total. The maximum absolute atomic E-state index is 12.0. The van der Waals surface area contributed by atoms with Gasteiger partial charge in [-0.1, -0.05) is 43.3 Å². The van der Waals surface area contributed by atoms with E-state index >= 15 is 0 Å². The molecule has 0 bridgehead atoms. The molecule has 2 fully saturated rings. The van der Waals surface area contributed by atoms with Gasteiger partial charge in [0.05, 0.1) is 19.0 Å². The third-order valence-electron chi connectivity index (χ3n) is 6.90. The number of nitrogens with one attached hydrogen (secondary N) is 1. The fourth-order valence-corrected chi connectivity index (χ4v) is 6.21. The van der Waals surface area contributed by atoms with Crippen LogP contribution in [0.1, 0.15) is 44.1 Å². The van der Waals surface area contributed by atoms with Gasteiger partial charge in [0.25, 0.3) is 0 Å². The number of ether oxygens (including phenoxy) is 1. The van der Waals surface area contributed by atoms with E-state index in [0.29, 0.717) is 12.5 Å². The van der Waals surface area contributed by atoms with Crippen molar-refractivity contribution in [3.8, 4) is 0 Å². The molecule has 1 saturated carbocycles. The Kier molecular flexibility index (Phi) is 7.48. The Hall–Kier alpha value is -1.96. The van der Waals surface area contributed by atoms with E-state index in [-0.39, 0.29) is 24.0 Å². The Labute approximate surface area is 192 Å². The maximum Gasteiger partial charge on any atom is 0.208 e. The summed E-state index contributed by atoms with van der Waals surface area (Å²) < 4.78 is 33.4. The number of aromatic nitrogens is 1. The van der Waals surface area contributed by atoms with Gasteiger partial charge in [-0.25, -0.2) is 18.1 Å². The van der Waals surface area contributed by atoms with Gasteiger partial charge in [-0.05, 0) is 55.2 Å². The van der Waals surface area contributed by atoms with Crippen molar-refractivity contribution in [2.75, 3.05) is 30.9 Å². The van der Waals surface area contributed by atoms with Gasteiger partial charge in [-0.2, -0.15) is 0 Å². The van der Waals surface area contributed by atoms with E-state index in [9.17, 15) is 8.42 Å². The molecule has 0 unspecified atom stereocenters. The Balaban J connectivity index is 1.38. The number of anilines is 1. The van der Waals surface area contributed by atoms with Crippen LogP contribution in [0.15, 0.2) is 54.7 Å². The normalized spacial score (nSPS) is 29.1. The molecule has 4 rings (SSSR count). The Morgan fingerprint density at radius 1 is 1.03 bits per heavy atom. The van der Waals surface area contributed by atoms with Gasteiger partial charge in [-0.15, -0.1) is 0 Å². The van der Waals surface area contributed by atoms with Gasteiger partial charge in [0, 0.05) is 31.2 Å². The molecule has 2 aromatic rings. The van der Waals surface area contributed by atoms with Crippen LogP contribution in [0, 0.1) is 11.8 Å². The van der Waals surface area contributed by atoms with E-state index in [4.69, 9.17) is 4.74 Å². The second kappa shape index (κ2) is 10.3. The number of rotatable bonds is 7. The summed E-state index contributed by atoms with van der Waals surface area (Å²) in [5.74, 6) is 1.78. The lowest BCUT2D eigenvalue weighted by Gasteiger charge is -2.43. The summed E-state index contributed by atoms with van der Waals surface area (Å²) in [5.41, 5.74) is 1.43. The van der Waals surface area contributed by atoms with Crippen molar-refractivity contribution in [1.82, 2.24) is 9.71 Å². The van der Waals surface area contributed by atoms with Crippen LogP contribution in [-0.4, -0.2) is 51.5 Å². The fourth-order valence-electron chi connectivity index (χ4n) is 5.29. The number of piperidine rings is 1. The number of sulfonamides is 1. The van der Waals surface area contributed by atoms with E-state index in [2.05, 4.69) is 51.9 Å². The number of hydrogen-bond acceptors (Lipinski definition) is 5. The molecule has 0 radical (unpaired) electrons. The molecule has 0 amide bonds. The first kappa shape index (κ1) is 23.2. The molecule has 32 heavy (non-hydrogen) atoms. The highest BCUT2D eigenvalue weighted by molar-refractivity contribution is 7.88. The topological polar surface area (TPSA) is 71.5 Å². The zero-order valence-corrected chi connectivity index (χ0v) is 19.9. The van der Waals surface area contributed by atoms with Crippen molar-refractivity contribution in [2.24, 2.45) is 11.8 Å². The van der Waals surface area contributed by atoms with Crippen molar-refractivity contribution in [1.29, 1.82) is 0 Å². The average Bonchev–Trinajstić information content (AvgIpc) is 2.80. The lowest BCUT2D eigenvalue weighted by Crippen LogP contribution is -2.57. The van der Waals surface area contributed by atoms with Gasteiger partial charge in [0.15, 0.2) is 0 Å². The predicted octanol–water partition coefficient (Wildman–Crippen LogP) is 3.81. The summed E-state index contributed by atoms with van der Waals surface area (Å²) in [6.07, 6.45) is 7.67. The van der Waals surface area contributed by atoms with Crippen molar-refractivity contribution < 1.29 is 13.2 Å². The summed E-state index contributed by atoms with van der Waals surface area (Å²) in [5, 5.41) is 0. The summed E-state index contributed by atoms with van der Waals surface area (Å²) in [4.78, 5) is 6.76. The lowest BCUT2D eigenvalue weighted by molar-refractivity contribution is -0.00624. The molecule has 2 heterocycles. The van der Waals surface area contributed by atoms with Crippen LogP contribution >= 0.6 is 0 Å². The molecule has 7 heteroatoms. The summed E-state index contributed by atoms with van der Waals surface area (Å²) >= 11 is 0. The standard InChI is InChI=1S/C25H35N3O3S/c1-19-16-28(24-10-6-7-15-26-24)17-22(25(19)27-32(2,29)30)18-31-23-13-11-21(12-14-23)20-8-4-3-5-9-20/h3-10,15,19,21-23,25,27H,11-14,16-18H2,1-2H3/t19-,21-,22-,23+,25-/m0/s1. The molecule has 1 aliphatic carbocycles. The van der Waals surface area contributed by atoms with E-state index in [1.54, 1.807) is 6.20 Å². The van der Waals surface area contributed by atoms with Crippen LogP contribution in [0.4, 0.5) is 5.82 Å². The van der Waals surface area contributed by atoms with Crippen LogP contribution in [0.3, 0.4) is 0 Å². The molecule has 2 aliphatic rings. The monoisotopic (exact) mass is 457 g/mol. The first-order valence-electron chi connectivity index (χ1n) is 11.7. The molecule has 1 aromatic carbocycles. The summed E-state index contributed by atoms with van der Waals surface area (Å²) in [7, 11) is -3.29. The highest BCUT2D eigenvalue weighted by Crippen LogP contribution is 2.35. The number of pyridine rings is 1.